The highest BCUT2D eigenvalue weighted by molar-refractivity contribution is 5.83. The summed E-state index contributed by atoms with van der Waals surface area (Å²) in [6, 6.07) is 7.81. The molecule has 0 saturated carbocycles. The third-order valence-corrected chi connectivity index (χ3v) is 3.70. The van der Waals surface area contributed by atoms with Crippen molar-refractivity contribution < 1.29 is 4.74 Å². The van der Waals surface area contributed by atoms with Crippen molar-refractivity contribution in [2.24, 2.45) is 5.10 Å². The summed E-state index contributed by atoms with van der Waals surface area (Å²) in [5.74, 6) is 1.18. The van der Waals surface area contributed by atoms with E-state index in [1.54, 1.807) is 23.3 Å². The zero-order valence-electron chi connectivity index (χ0n) is 14.2. The van der Waals surface area contributed by atoms with Gasteiger partial charge >= 0.3 is 0 Å². The Morgan fingerprint density at radius 1 is 1.28 bits per heavy atom. The number of aryl methyl sites for hydroxylation is 2. The fourth-order valence-electron chi connectivity index (χ4n) is 2.44. The summed E-state index contributed by atoms with van der Waals surface area (Å²) < 4.78 is 9.53. The normalized spacial score (nSPS) is 11.2. The number of anilines is 1. The smallest absolute Gasteiger partial charge is 0.221 e. The highest BCUT2D eigenvalue weighted by atomic mass is 16.5. The molecule has 7 heteroatoms. The van der Waals surface area contributed by atoms with Crippen LogP contribution in [0, 0.1) is 6.92 Å². The van der Waals surface area contributed by atoms with Gasteiger partial charge in [0.1, 0.15) is 5.75 Å². The summed E-state index contributed by atoms with van der Waals surface area (Å²) in [7, 11) is 0. The molecule has 0 aliphatic carbocycles. The van der Waals surface area contributed by atoms with Gasteiger partial charge in [-0.15, -0.1) is 0 Å². The van der Waals surface area contributed by atoms with Crippen LogP contribution in [0.2, 0.25) is 0 Å². The molecule has 130 valence electrons. The average molecular weight is 338 g/mol. The zero-order valence-corrected chi connectivity index (χ0v) is 14.2. The van der Waals surface area contributed by atoms with Crippen LogP contribution in [0.25, 0.3) is 0 Å². The van der Waals surface area contributed by atoms with Crippen molar-refractivity contribution in [2.75, 3.05) is 12.3 Å². The number of nitrogen functional groups attached to an aromatic ring is 1. The third-order valence-electron chi connectivity index (χ3n) is 3.70. The van der Waals surface area contributed by atoms with Gasteiger partial charge in [0.05, 0.1) is 31.0 Å². The molecule has 3 aromatic rings. The molecule has 0 radical (unpaired) electrons. The number of para-hydroxylation sites is 1. The van der Waals surface area contributed by atoms with Crippen LogP contribution in [0.1, 0.15) is 24.1 Å². The first-order valence-corrected chi connectivity index (χ1v) is 8.26. The first-order chi connectivity index (χ1) is 12.2. The number of nitrogens with zero attached hydrogens (tertiary/aromatic N) is 5. The molecule has 2 N–H and O–H groups in total. The Morgan fingerprint density at radius 2 is 2.16 bits per heavy atom. The minimum atomic E-state index is 0.367. The summed E-state index contributed by atoms with van der Waals surface area (Å²) in [5, 5.41) is 4.35. The number of aromatic nitrogens is 4. The van der Waals surface area contributed by atoms with E-state index in [0.717, 1.165) is 36.4 Å². The van der Waals surface area contributed by atoms with Crippen molar-refractivity contribution in [3.05, 3.63) is 60.4 Å². The van der Waals surface area contributed by atoms with Crippen LogP contribution < -0.4 is 10.5 Å². The van der Waals surface area contributed by atoms with E-state index in [1.807, 2.05) is 43.7 Å². The maximum Gasteiger partial charge on any atom is 0.221 e. The molecule has 0 amide bonds. The second kappa shape index (κ2) is 8.14. The van der Waals surface area contributed by atoms with Gasteiger partial charge in [-0.05, 0) is 31.9 Å². The van der Waals surface area contributed by atoms with E-state index in [2.05, 4.69) is 19.6 Å². The van der Waals surface area contributed by atoms with Crippen molar-refractivity contribution in [1.29, 1.82) is 0 Å². The second-order valence-corrected chi connectivity index (χ2v) is 5.72. The summed E-state index contributed by atoms with van der Waals surface area (Å²) >= 11 is 0. The first-order valence-electron chi connectivity index (χ1n) is 8.26. The molecule has 2 heterocycles. The molecule has 3 rings (SSSR count). The fraction of sp³-hybridized carbons (Fsp3) is 0.278. The minimum Gasteiger partial charge on any atom is -0.493 e. The topological polar surface area (TPSA) is 83.2 Å². The lowest BCUT2D eigenvalue weighted by molar-refractivity contribution is 0.303. The summed E-state index contributed by atoms with van der Waals surface area (Å²) in [6.07, 6.45) is 11.1. The largest absolute Gasteiger partial charge is 0.493 e. The lowest BCUT2D eigenvalue weighted by atomic mass is 10.2. The molecule has 0 aliphatic heterocycles. The molecule has 0 saturated heterocycles. The van der Waals surface area contributed by atoms with Crippen LogP contribution in [0.15, 0.2) is 54.3 Å². The summed E-state index contributed by atoms with van der Waals surface area (Å²) in [4.78, 5) is 8.16. The molecule has 0 unspecified atom stereocenters. The number of rotatable bonds is 8. The van der Waals surface area contributed by atoms with E-state index < -0.39 is 0 Å². The number of hydrogen-bond donors (Lipinski definition) is 1. The Labute approximate surface area is 146 Å². The molecule has 0 aliphatic rings. The van der Waals surface area contributed by atoms with Gasteiger partial charge in [-0.3, -0.25) is 0 Å². The molecule has 0 atom stereocenters. The number of unbranched alkanes of at least 4 members (excludes halogenated alkanes) is 1. The minimum absolute atomic E-state index is 0.367. The molecular weight excluding hydrogens is 316 g/mol. The van der Waals surface area contributed by atoms with Crippen LogP contribution in [0.5, 0.6) is 5.75 Å². The monoisotopic (exact) mass is 338 g/mol. The molecule has 2 aromatic heterocycles. The Morgan fingerprint density at radius 3 is 2.92 bits per heavy atom. The van der Waals surface area contributed by atoms with Crippen molar-refractivity contribution in [3.8, 4) is 5.75 Å². The first kappa shape index (κ1) is 16.8. The molecular formula is C18H22N6O. The van der Waals surface area contributed by atoms with Crippen molar-refractivity contribution in [1.82, 2.24) is 19.2 Å². The maximum absolute atomic E-state index is 5.91. The van der Waals surface area contributed by atoms with Gasteiger partial charge in [-0.25, -0.2) is 14.6 Å². The van der Waals surface area contributed by atoms with Gasteiger partial charge < -0.3 is 15.0 Å². The van der Waals surface area contributed by atoms with Gasteiger partial charge in [0.25, 0.3) is 0 Å². The van der Waals surface area contributed by atoms with Crippen LogP contribution in [0.4, 0.5) is 5.95 Å². The van der Waals surface area contributed by atoms with Gasteiger partial charge in [0.15, 0.2) is 0 Å². The second-order valence-electron chi connectivity index (χ2n) is 5.72. The van der Waals surface area contributed by atoms with E-state index in [1.165, 1.54) is 0 Å². The summed E-state index contributed by atoms with van der Waals surface area (Å²) in [5.41, 5.74) is 7.53. The average Bonchev–Trinajstić information content (AvgIpc) is 3.23. The standard InChI is InChI=1S/C18H22N6O/c1-15-13-24(18(19)22-15)21-12-16-6-2-3-7-17(16)25-11-5-4-9-23-10-8-20-14-23/h2-3,6-8,10,12-14H,4-5,9,11H2,1H3,(H2,19,22). The number of ether oxygens (including phenoxy) is 1. The van der Waals surface area contributed by atoms with Crippen LogP contribution in [0.3, 0.4) is 0 Å². The predicted molar refractivity (Wildman–Crippen MR) is 97.8 cm³/mol. The molecule has 1 aromatic carbocycles. The van der Waals surface area contributed by atoms with Gasteiger partial charge in [0.2, 0.25) is 5.95 Å². The molecule has 0 fully saturated rings. The quantitative estimate of drug-likeness (QED) is 0.506. The summed E-state index contributed by atoms with van der Waals surface area (Å²) in [6.45, 7) is 3.49. The highest BCUT2D eigenvalue weighted by Crippen LogP contribution is 2.17. The van der Waals surface area contributed by atoms with Crippen molar-refractivity contribution in [2.45, 2.75) is 26.3 Å². The number of hydrogen-bond acceptors (Lipinski definition) is 5. The van der Waals surface area contributed by atoms with Crippen LogP contribution in [-0.4, -0.2) is 32.0 Å². The van der Waals surface area contributed by atoms with Crippen molar-refractivity contribution >= 4 is 12.2 Å². The van der Waals surface area contributed by atoms with Gasteiger partial charge in [0, 0.05) is 24.5 Å². The van der Waals surface area contributed by atoms with E-state index in [0.29, 0.717) is 12.6 Å². The lowest BCUT2D eigenvalue weighted by Gasteiger charge is -2.09. The van der Waals surface area contributed by atoms with E-state index >= 15 is 0 Å². The molecule has 25 heavy (non-hydrogen) atoms. The Hall–Kier alpha value is -3.09. The number of benzene rings is 1. The van der Waals surface area contributed by atoms with E-state index in [4.69, 9.17) is 10.5 Å². The maximum atomic E-state index is 5.91. The lowest BCUT2D eigenvalue weighted by Crippen LogP contribution is -2.03. The number of imidazole rings is 2. The Bertz CT molecular complexity index is 822. The van der Waals surface area contributed by atoms with Gasteiger partial charge in [-0.1, -0.05) is 12.1 Å². The van der Waals surface area contributed by atoms with E-state index in [9.17, 15) is 0 Å². The molecule has 0 spiro atoms. The van der Waals surface area contributed by atoms with Crippen LogP contribution >= 0.6 is 0 Å². The third kappa shape index (κ3) is 4.69. The highest BCUT2D eigenvalue weighted by Gasteiger charge is 2.02. The molecule has 0 bridgehead atoms. The molecule has 7 nitrogen and oxygen atoms in total. The SMILES string of the molecule is Cc1cn(N=Cc2ccccc2OCCCCn2ccnc2)c(N)n1. The Balaban J connectivity index is 1.54. The van der Waals surface area contributed by atoms with E-state index in [-0.39, 0.29) is 0 Å². The van der Waals surface area contributed by atoms with Crippen molar-refractivity contribution in [3.63, 3.8) is 0 Å². The zero-order chi connectivity index (χ0) is 17.5. The fourth-order valence-corrected chi connectivity index (χ4v) is 2.44. The number of nitrogens with two attached hydrogens (primary N) is 1. The Kier molecular flexibility index (Phi) is 5.46. The predicted octanol–water partition coefficient (Wildman–Crippen LogP) is 2.71. The van der Waals surface area contributed by atoms with Crippen LogP contribution in [-0.2, 0) is 6.54 Å². The van der Waals surface area contributed by atoms with Gasteiger partial charge in [-0.2, -0.15) is 5.10 Å².